The Morgan fingerprint density at radius 1 is 1.53 bits per heavy atom. The minimum Gasteiger partial charge on any atom is -0.387 e. The number of β-amino-alcohol motifs (C(OH)–C–C–N with tert-alkyl or cyclic N) is 1. The Balaban J connectivity index is 1.64. The summed E-state index contributed by atoms with van der Waals surface area (Å²) in [4.78, 5) is 7.83. The maximum Gasteiger partial charge on any atom is 0.193 e. The van der Waals surface area contributed by atoms with Crippen LogP contribution in [0.3, 0.4) is 0 Å². The number of nitrogens with zero attached hydrogens (tertiary/aromatic N) is 3. The Hall–Kier alpha value is -0.910. The molecule has 2 aromatic rings. The molecule has 2 aromatic heterocycles. The summed E-state index contributed by atoms with van der Waals surface area (Å²) >= 11 is 1.65. The second-order valence-electron chi connectivity index (χ2n) is 5.23. The highest BCUT2D eigenvalue weighted by atomic mass is 32.1. The lowest BCUT2D eigenvalue weighted by molar-refractivity contribution is -0.131. The highest BCUT2D eigenvalue weighted by molar-refractivity contribution is 7.15. The van der Waals surface area contributed by atoms with Crippen LogP contribution in [0.4, 0.5) is 0 Å². The Labute approximate surface area is 105 Å². The van der Waals surface area contributed by atoms with E-state index < -0.39 is 5.60 Å². The Morgan fingerprint density at radius 3 is 2.94 bits per heavy atom. The van der Waals surface area contributed by atoms with Gasteiger partial charge in [0.25, 0.3) is 0 Å². The van der Waals surface area contributed by atoms with Crippen LogP contribution in [-0.4, -0.2) is 38.1 Å². The molecule has 1 fully saturated rings. The van der Waals surface area contributed by atoms with Gasteiger partial charge < -0.3 is 5.11 Å². The van der Waals surface area contributed by atoms with Gasteiger partial charge in [-0.15, -0.1) is 11.3 Å². The summed E-state index contributed by atoms with van der Waals surface area (Å²) in [5, 5.41) is 12.2. The van der Waals surface area contributed by atoms with E-state index in [1.807, 2.05) is 11.6 Å². The fourth-order valence-corrected chi connectivity index (χ4v) is 3.01. The maximum absolute atomic E-state index is 10.2. The summed E-state index contributed by atoms with van der Waals surface area (Å²) in [6.07, 6.45) is 4.09. The number of aliphatic hydroxyl groups is 1. The average Bonchev–Trinajstić information content (AvgIpc) is 2.74. The number of imidazole rings is 1. The summed E-state index contributed by atoms with van der Waals surface area (Å²) in [6.45, 7) is 6.50. The SMILES string of the molecule is CC(C)C1(O)CN(Cc2cn3ccsc3n2)C1. The Kier molecular flexibility index (Phi) is 2.50. The molecule has 1 N–H and O–H groups in total. The average molecular weight is 251 g/mol. The topological polar surface area (TPSA) is 40.8 Å². The van der Waals surface area contributed by atoms with Crippen molar-refractivity contribution in [1.82, 2.24) is 14.3 Å². The van der Waals surface area contributed by atoms with Crippen LogP contribution < -0.4 is 0 Å². The molecule has 0 saturated carbocycles. The lowest BCUT2D eigenvalue weighted by Gasteiger charge is -2.48. The van der Waals surface area contributed by atoms with E-state index in [0.29, 0.717) is 5.92 Å². The smallest absolute Gasteiger partial charge is 0.193 e. The number of hydrogen-bond donors (Lipinski definition) is 1. The zero-order valence-corrected chi connectivity index (χ0v) is 10.9. The summed E-state index contributed by atoms with van der Waals surface area (Å²) in [6, 6.07) is 0. The number of thiazole rings is 1. The van der Waals surface area contributed by atoms with Crippen molar-refractivity contribution < 1.29 is 5.11 Å². The molecule has 0 bridgehead atoms. The lowest BCUT2D eigenvalue weighted by Crippen LogP contribution is -2.63. The number of hydrogen-bond acceptors (Lipinski definition) is 4. The van der Waals surface area contributed by atoms with Crippen LogP contribution in [0.25, 0.3) is 4.96 Å². The number of fused-ring (bicyclic) bond motifs is 1. The van der Waals surface area contributed by atoms with Crippen molar-refractivity contribution in [2.45, 2.75) is 26.0 Å². The van der Waals surface area contributed by atoms with E-state index >= 15 is 0 Å². The van der Waals surface area contributed by atoms with Gasteiger partial charge >= 0.3 is 0 Å². The van der Waals surface area contributed by atoms with Crippen molar-refractivity contribution in [3.8, 4) is 0 Å². The van der Waals surface area contributed by atoms with Gasteiger partial charge in [0.1, 0.15) is 0 Å². The molecule has 0 aromatic carbocycles. The first-order chi connectivity index (χ1) is 8.07. The molecule has 1 saturated heterocycles. The highest BCUT2D eigenvalue weighted by Gasteiger charge is 2.43. The maximum atomic E-state index is 10.2. The summed E-state index contributed by atoms with van der Waals surface area (Å²) in [5.41, 5.74) is 0.597. The van der Waals surface area contributed by atoms with Crippen LogP contribution in [0.5, 0.6) is 0 Å². The minimum absolute atomic E-state index is 0.323. The van der Waals surface area contributed by atoms with Gasteiger partial charge in [-0.25, -0.2) is 4.98 Å². The molecule has 4 nitrogen and oxygen atoms in total. The zero-order valence-electron chi connectivity index (χ0n) is 10.1. The molecule has 0 unspecified atom stereocenters. The van der Waals surface area contributed by atoms with Crippen LogP contribution in [0.15, 0.2) is 17.8 Å². The normalized spacial score (nSPS) is 20.0. The molecular formula is C12H17N3OS. The molecule has 0 spiro atoms. The van der Waals surface area contributed by atoms with Crippen molar-refractivity contribution in [2.75, 3.05) is 13.1 Å². The van der Waals surface area contributed by atoms with Gasteiger partial charge in [0.2, 0.25) is 0 Å². The van der Waals surface area contributed by atoms with Crippen molar-refractivity contribution >= 4 is 16.3 Å². The summed E-state index contributed by atoms with van der Waals surface area (Å²) in [7, 11) is 0. The van der Waals surface area contributed by atoms with E-state index in [0.717, 1.165) is 30.3 Å². The molecule has 3 heterocycles. The molecular weight excluding hydrogens is 234 g/mol. The zero-order chi connectivity index (χ0) is 12.0. The fourth-order valence-electron chi connectivity index (χ4n) is 2.29. The van der Waals surface area contributed by atoms with E-state index in [1.54, 1.807) is 11.3 Å². The summed E-state index contributed by atoms with van der Waals surface area (Å²) in [5.74, 6) is 0.323. The standard InChI is InChI=1S/C12H17N3OS/c1-9(2)12(16)7-14(8-12)5-10-6-15-3-4-17-11(15)13-10/h3-4,6,9,16H,5,7-8H2,1-2H3. The number of aromatic nitrogens is 2. The third-order valence-corrected chi connectivity index (χ3v) is 4.37. The number of likely N-dealkylation sites (tertiary alicyclic amines) is 1. The molecule has 0 aliphatic carbocycles. The van der Waals surface area contributed by atoms with Gasteiger partial charge in [-0.3, -0.25) is 9.30 Å². The second-order valence-corrected chi connectivity index (χ2v) is 6.10. The van der Waals surface area contributed by atoms with Gasteiger partial charge in [0, 0.05) is 37.4 Å². The predicted molar refractivity (Wildman–Crippen MR) is 68.1 cm³/mol. The monoisotopic (exact) mass is 251 g/mol. The van der Waals surface area contributed by atoms with Crippen molar-refractivity contribution in [3.63, 3.8) is 0 Å². The van der Waals surface area contributed by atoms with Crippen LogP contribution in [0, 0.1) is 5.92 Å². The summed E-state index contributed by atoms with van der Waals surface area (Å²) < 4.78 is 2.05. The van der Waals surface area contributed by atoms with Crippen LogP contribution in [0.2, 0.25) is 0 Å². The quantitative estimate of drug-likeness (QED) is 0.901. The second kappa shape index (κ2) is 3.80. The minimum atomic E-state index is -0.489. The predicted octanol–water partition coefficient (Wildman–Crippen LogP) is 1.60. The Morgan fingerprint density at radius 2 is 2.29 bits per heavy atom. The van der Waals surface area contributed by atoms with Crippen molar-refractivity contribution in [2.24, 2.45) is 5.92 Å². The van der Waals surface area contributed by atoms with Gasteiger partial charge in [-0.1, -0.05) is 13.8 Å². The Bertz CT molecular complexity index is 496. The van der Waals surface area contributed by atoms with Crippen molar-refractivity contribution in [3.05, 3.63) is 23.5 Å². The molecule has 5 heteroatoms. The third-order valence-electron chi connectivity index (χ3n) is 3.60. The molecule has 0 radical (unpaired) electrons. The fraction of sp³-hybridized carbons (Fsp3) is 0.583. The first-order valence-electron chi connectivity index (χ1n) is 5.93. The lowest BCUT2D eigenvalue weighted by atomic mass is 9.83. The van der Waals surface area contributed by atoms with Crippen LogP contribution in [-0.2, 0) is 6.54 Å². The molecule has 0 amide bonds. The highest BCUT2D eigenvalue weighted by Crippen LogP contribution is 2.29. The van der Waals surface area contributed by atoms with Gasteiger partial charge in [0.15, 0.2) is 4.96 Å². The molecule has 92 valence electrons. The van der Waals surface area contributed by atoms with E-state index in [4.69, 9.17) is 0 Å². The number of rotatable bonds is 3. The van der Waals surface area contributed by atoms with Gasteiger partial charge in [-0.05, 0) is 5.92 Å². The molecule has 17 heavy (non-hydrogen) atoms. The first kappa shape index (κ1) is 11.2. The van der Waals surface area contributed by atoms with E-state index in [9.17, 15) is 5.11 Å². The molecule has 1 aliphatic rings. The van der Waals surface area contributed by atoms with E-state index in [1.165, 1.54) is 0 Å². The largest absolute Gasteiger partial charge is 0.387 e. The van der Waals surface area contributed by atoms with E-state index in [-0.39, 0.29) is 0 Å². The van der Waals surface area contributed by atoms with Gasteiger partial charge in [0.05, 0.1) is 11.3 Å². The van der Waals surface area contributed by atoms with Crippen LogP contribution >= 0.6 is 11.3 Å². The van der Waals surface area contributed by atoms with Crippen molar-refractivity contribution in [1.29, 1.82) is 0 Å². The molecule has 3 rings (SSSR count). The third kappa shape index (κ3) is 1.88. The van der Waals surface area contributed by atoms with Crippen LogP contribution in [0.1, 0.15) is 19.5 Å². The molecule has 1 aliphatic heterocycles. The van der Waals surface area contributed by atoms with E-state index in [2.05, 4.69) is 34.3 Å². The first-order valence-corrected chi connectivity index (χ1v) is 6.81. The molecule has 0 atom stereocenters. The van der Waals surface area contributed by atoms with Gasteiger partial charge in [-0.2, -0.15) is 0 Å².